The second kappa shape index (κ2) is 6.05. The molecule has 0 aromatic heterocycles. The van der Waals surface area contributed by atoms with Crippen LogP contribution in [0.15, 0.2) is 12.2 Å². The third-order valence-electron chi connectivity index (χ3n) is 7.40. The third kappa shape index (κ3) is 2.34. The van der Waals surface area contributed by atoms with E-state index in [0.29, 0.717) is 0 Å². The number of rotatable bonds is 4. The van der Waals surface area contributed by atoms with Crippen LogP contribution in [0.3, 0.4) is 0 Å². The smallest absolute Gasteiger partial charge is 0.246 e. The van der Waals surface area contributed by atoms with E-state index in [1.165, 1.54) is 6.42 Å². The van der Waals surface area contributed by atoms with Crippen molar-refractivity contribution in [2.24, 2.45) is 11.8 Å². The van der Waals surface area contributed by atoms with E-state index in [2.05, 4.69) is 10.6 Å². The van der Waals surface area contributed by atoms with Crippen LogP contribution in [-0.4, -0.2) is 59.0 Å². The van der Waals surface area contributed by atoms with Crippen LogP contribution < -0.4 is 10.6 Å². The maximum atomic E-state index is 13.5. The Kier molecular flexibility index (Phi) is 3.92. The first-order valence-electron chi connectivity index (χ1n) is 10.7. The summed E-state index contributed by atoms with van der Waals surface area (Å²) in [5, 5.41) is 5.90. The van der Waals surface area contributed by atoms with Gasteiger partial charge in [0.2, 0.25) is 17.7 Å². The lowest BCUT2D eigenvalue weighted by molar-refractivity contribution is -0.145. The monoisotopic (exact) mass is 387 g/mol. The van der Waals surface area contributed by atoms with E-state index in [-0.39, 0.29) is 29.8 Å². The molecule has 3 amide bonds. The van der Waals surface area contributed by atoms with Gasteiger partial charge in [-0.15, -0.1) is 0 Å². The summed E-state index contributed by atoms with van der Waals surface area (Å²) in [5.41, 5.74) is -1.89. The molecule has 7 heteroatoms. The van der Waals surface area contributed by atoms with E-state index in [1.54, 1.807) is 11.9 Å². The summed E-state index contributed by atoms with van der Waals surface area (Å²) in [4.78, 5) is 41.4. The number of likely N-dealkylation sites (tertiary alicyclic amines) is 1. The number of nitrogens with one attached hydrogen (secondary N) is 2. The van der Waals surface area contributed by atoms with Crippen molar-refractivity contribution in [3.8, 4) is 0 Å². The maximum Gasteiger partial charge on any atom is 0.246 e. The Bertz CT molecular complexity index is 757. The molecule has 28 heavy (non-hydrogen) atoms. The van der Waals surface area contributed by atoms with Gasteiger partial charge in [0.25, 0.3) is 0 Å². The molecule has 0 aromatic carbocycles. The van der Waals surface area contributed by atoms with Crippen LogP contribution in [0.5, 0.6) is 0 Å². The minimum atomic E-state index is -1.04. The van der Waals surface area contributed by atoms with Crippen LogP contribution in [0.4, 0.5) is 0 Å². The number of amides is 3. The minimum Gasteiger partial charge on any atom is -0.359 e. The standard InChI is InChI=1S/C21H29N3O4/c1-20-10-11-21(28-20)15(14(20)17(25)22-2)19(27)24(13-8-9-13)16(21)18(26)23-12-6-4-3-5-7-12/h10-16H,3-9H2,1-2H3,(H,22,25)(H,23,26)/t14-,15+,16+,20+,21+/m0/s1. The summed E-state index contributed by atoms with van der Waals surface area (Å²) in [6.45, 7) is 1.85. The predicted molar refractivity (Wildman–Crippen MR) is 101 cm³/mol. The number of carbonyl (C=O) groups excluding carboxylic acids is 3. The highest BCUT2D eigenvalue weighted by Crippen LogP contribution is 2.60. The van der Waals surface area contributed by atoms with E-state index >= 15 is 0 Å². The average Bonchev–Trinajstić information content (AvgIpc) is 3.35. The van der Waals surface area contributed by atoms with Crippen LogP contribution in [0.1, 0.15) is 51.9 Å². The molecule has 4 fully saturated rings. The zero-order chi connectivity index (χ0) is 19.7. The van der Waals surface area contributed by atoms with Crippen molar-refractivity contribution in [2.45, 2.75) is 81.2 Å². The fraction of sp³-hybridized carbons (Fsp3) is 0.762. The highest BCUT2D eigenvalue weighted by Gasteiger charge is 2.77. The molecule has 0 unspecified atom stereocenters. The van der Waals surface area contributed by atoms with Crippen LogP contribution in [-0.2, 0) is 19.1 Å². The van der Waals surface area contributed by atoms with Crippen LogP contribution in [0, 0.1) is 11.8 Å². The Morgan fingerprint density at radius 2 is 1.82 bits per heavy atom. The van der Waals surface area contributed by atoms with Gasteiger partial charge in [-0.1, -0.05) is 31.4 Å². The fourth-order valence-corrected chi connectivity index (χ4v) is 6.00. The molecule has 2 saturated heterocycles. The first-order valence-corrected chi connectivity index (χ1v) is 10.7. The van der Waals surface area contributed by atoms with Crippen molar-refractivity contribution < 1.29 is 19.1 Å². The van der Waals surface area contributed by atoms with Crippen LogP contribution in [0.25, 0.3) is 0 Å². The van der Waals surface area contributed by atoms with Crippen molar-refractivity contribution in [2.75, 3.05) is 7.05 Å². The average molecular weight is 387 g/mol. The molecule has 2 N–H and O–H groups in total. The van der Waals surface area contributed by atoms with Gasteiger partial charge in [0.15, 0.2) is 0 Å². The molecular formula is C21H29N3O4. The molecule has 1 spiro atoms. The van der Waals surface area contributed by atoms with Gasteiger partial charge >= 0.3 is 0 Å². The van der Waals surface area contributed by atoms with E-state index < -0.39 is 29.1 Å². The molecule has 3 heterocycles. The fourth-order valence-electron chi connectivity index (χ4n) is 6.00. The number of nitrogens with zero attached hydrogens (tertiary/aromatic N) is 1. The summed E-state index contributed by atoms with van der Waals surface area (Å²) >= 11 is 0. The molecule has 2 bridgehead atoms. The molecular weight excluding hydrogens is 358 g/mol. The van der Waals surface area contributed by atoms with Crippen molar-refractivity contribution in [1.29, 1.82) is 0 Å². The lowest BCUT2D eigenvalue weighted by Crippen LogP contribution is -2.57. The molecule has 5 atom stereocenters. The highest BCUT2D eigenvalue weighted by molar-refractivity contribution is 6.00. The van der Waals surface area contributed by atoms with Gasteiger partial charge in [-0.05, 0) is 32.6 Å². The number of ether oxygens (including phenoxy) is 1. The summed E-state index contributed by atoms with van der Waals surface area (Å²) in [6.07, 6.45) is 11.0. The zero-order valence-electron chi connectivity index (χ0n) is 16.6. The molecule has 2 aliphatic carbocycles. The number of carbonyl (C=O) groups is 3. The first-order chi connectivity index (χ1) is 13.4. The zero-order valence-corrected chi connectivity index (χ0v) is 16.6. The third-order valence-corrected chi connectivity index (χ3v) is 7.40. The second-order valence-corrected chi connectivity index (χ2v) is 9.27. The summed E-state index contributed by atoms with van der Waals surface area (Å²) in [5.74, 6) is -1.67. The Hall–Kier alpha value is -1.89. The summed E-state index contributed by atoms with van der Waals surface area (Å²) in [7, 11) is 1.58. The molecule has 3 aliphatic heterocycles. The molecule has 7 nitrogen and oxygen atoms in total. The second-order valence-electron chi connectivity index (χ2n) is 9.27. The van der Waals surface area contributed by atoms with Gasteiger partial charge in [-0.25, -0.2) is 0 Å². The normalized spacial score (nSPS) is 42.0. The van der Waals surface area contributed by atoms with Gasteiger partial charge in [0.05, 0.1) is 17.4 Å². The quantitative estimate of drug-likeness (QED) is 0.701. The topological polar surface area (TPSA) is 87.7 Å². The molecule has 5 rings (SSSR count). The lowest BCUT2D eigenvalue weighted by atomic mass is 9.70. The van der Waals surface area contributed by atoms with Crippen molar-refractivity contribution in [3.05, 3.63) is 12.2 Å². The minimum absolute atomic E-state index is 0.0868. The Labute approximate surface area is 165 Å². The maximum absolute atomic E-state index is 13.5. The Morgan fingerprint density at radius 3 is 2.46 bits per heavy atom. The van der Waals surface area contributed by atoms with E-state index in [4.69, 9.17) is 4.74 Å². The molecule has 2 saturated carbocycles. The summed E-state index contributed by atoms with van der Waals surface area (Å²) < 4.78 is 6.41. The van der Waals surface area contributed by atoms with Crippen molar-refractivity contribution in [1.82, 2.24) is 15.5 Å². The number of hydrogen-bond acceptors (Lipinski definition) is 4. The molecule has 152 valence electrons. The van der Waals surface area contributed by atoms with Gasteiger partial charge in [-0.2, -0.15) is 0 Å². The largest absolute Gasteiger partial charge is 0.359 e. The van der Waals surface area contributed by atoms with E-state index in [9.17, 15) is 14.4 Å². The highest BCUT2D eigenvalue weighted by atomic mass is 16.5. The van der Waals surface area contributed by atoms with Gasteiger partial charge in [0.1, 0.15) is 11.6 Å². The molecule has 0 radical (unpaired) electrons. The first kappa shape index (κ1) is 18.2. The van der Waals surface area contributed by atoms with Crippen molar-refractivity contribution in [3.63, 3.8) is 0 Å². The van der Waals surface area contributed by atoms with Gasteiger partial charge in [-0.3, -0.25) is 14.4 Å². The van der Waals surface area contributed by atoms with Crippen LogP contribution in [0.2, 0.25) is 0 Å². The van der Waals surface area contributed by atoms with E-state index in [1.807, 2.05) is 19.1 Å². The van der Waals surface area contributed by atoms with Crippen molar-refractivity contribution >= 4 is 17.7 Å². The van der Waals surface area contributed by atoms with Gasteiger partial charge in [0, 0.05) is 19.1 Å². The Balaban J connectivity index is 1.51. The molecule has 0 aromatic rings. The summed E-state index contributed by atoms with van der Waals surface area (Å²) in [6, 6.07) is -0.434. The lowest BCUT2D eigenvalue weighted by Gasteiger charge is -2.34. The predicted octanol–water partition coefficient (Wildman–Crippen LogP) is 0.884. The number of fused-ring (bicyclic) bond motifs is 1. The SMILES string of the molecule is CNC(=O)[C@@H]1[C@@H]2C(=O)N(C3CC3)[C@H](C(=O)NC3CCCCC3)[C@@]23C=C[C@@]1(C)O3. The molecule has 5 aliphatic rings. The number of hydrogen-bond donors (Lipinski definition) is 2. The van der Waals surface area contributed by atoms with Crippen LogP contribution >= 0.6 is 0 Å². The Morgan fingerprint density at radius 1 is 1.11 bits per heavy atom. The van der Waals surface area contributed by atoms with E-state index in [0.717, 1.165) is 38.5 Å². The van der Waals surface area contributed by atoms with Gasteiger partial charge < -0.3 is 20.3 Å².